The van der Waals surface area contributed by atoms with Gasteiger partial charge in [-0.25, -0.2) is 0 Å². The maximum Gasteiger partial charge on any atom is 0.0661 e. The first-order chi connectivity index (χ1) is 3.29. The fourth-order valence-electron chi connectivity index (χ4n) is 0.552. The summed E-state index contributed by atoms with van der Waals surface area (Å²) < 4.78 is 0. The summed E-state index contributed by atoms with van der Waals surface area (Å²) in [5.41, 5.74) is 1.21. The molecule has 2 heteroatoms. The maximum atomic E-state index is 5.03. The first-order valence-electron chi connectivity index (χ1n) is 2.18. The summed E-state index contributed by atoms with van der Waals surface area (Å²) in [5, 5.41) is 0. The van der Waals surface area contributed by atoms with E-state index in [1.165, 1.54) is 5.57 Å². The Hall–Kier alpha value is 0.260. The fourth-order valence-corrected chi connectivity index (χ4v) is 2.42. The highest BCUT2D eigenvalue weighted by molar-refractivity contribution is 8.34. The Bertz CT molecular complexity index is 117. The van der Waals surface area contributed by atoms with Gasteiger partial charge in [-0.2, -0.15) is 0 Å². The molecule has 0 aromatic heterocycles. The minimum atomic E-state index is -0.503. The van der Waals surface area contributed by atoms with Gasteiger partial charge in [0.15, 0.2) is 0 Å². The number of hydrogen-bond acceptors (Lipinski definition) is 1. The smallest absolute Gasteiger partial charge is 0.0661 e. The van der Waals surface area contributed by atoms with E-state index in [4.69, 9.17) is 12.2 Å². The van der Waals surface area contributed by atoms with Gasteiger partial charge in [-0.3, -0.25) is 0 Å². The summed E-state index contributed by atoms with van der Waals surface area (Å²) in [6.45, 7) is 3.78. The van der Waals surface area contributed by atoms with Crippen molar-refractivity contribution in [2.75, 3.05) is 6.16 Å². The predicted octanol–water partition coefficient (Wildman–Crippen LogP) is 1.75. The quantitative estimate of drug-likeness (QED) is 0.355. The van der Waals surface area contributed by atoms with Crippen LogP contribution >= 0.6 is 7.12 Å². The molecule has 0 saturated carbocycles. The molecule has 1 aliphatic rings. The highest BCUT2D eigenvalue weighted by Crippen LogP contribution is 2.41. The lowest BCUT2D eigenvalue weighted by Gasteiger charge is -1.98. The molecule has 0 fully saturated rings. The topological polar surface area (TPSA) is 0 Å². The van der Waals surface area contributed by atoms with E-state index in [0.717, 1.165) is 6.16 Å². The van der Waals surface area contributed by atoms with E-state index < -0.39 is 7.12 Å². The van der Waals surface area contributed by atoms with E-state index in [9.17, 15) is 0 Å². The maximum absolute atomic E-state index is 5.03. The van der Waals surface area contributed by atoms with E-state index in [1.54, 1.807) is 0 Å². The Morgan fingerprint density at radius 3 is 2.71 bits per heavy atom. The lowest BCUT2D eigenvalue weighted by molar-refractivity contribution is 1.63. The van der Waals surface area contributed by atoms with Crippen LogP contribution in [0.25, 0.3) is 0 Å². The molecule has 0 spiro atoms. The molecular formula is C5H7PS. The van der Waals surface area contributed by atoms with Crippen molar-refractivity contribution in [2.45, 2.75) is 0 Å². The van der Waals surface area contributed by atoms with Gasteiger partial charge in [0.2, 0.25) is 0 Å². The molecule has 0 N–H and O–H groups in total. The fraction of sp³-hybridized carbons (Fsp3) is 0.200. The molecule has 1 atom stereocenters. The molecule has 0 bridgehead atoms. The third-order valence-electron chi connectivity index (χ3n) is 0.906. The van der Waals surface area contributed by atoms with Gasteiger partial charge in [-0.15, -0.1) is 0 Å². The van der Waals surface area contributed by atoms with Crippen LogP contribution in [0.15, 0.2) is 24.0 Å². The summed E-state index contributed by atoms with van der Waals surface area (Å²) in [5.74, 6) is 2.11. The summed E-state index contributed by atoms with van der Waals surface area (Å²) in [6.07, 6.45) is 3.13. The molecule has 1 unspecified atom stereocenters. The van der Waals surface area contributed by atoms with Crippen LogP contribution in [-0.2, 0) is 12.2 Å². The molecule has 0 aromatic carbocycles. The van der Waals surface area contributed by atoms with Gasteiger partial charge in [0.1, 0.15) is 0 Å². The normalized spacial score (nSPS) is 29.3. The van der Waals surface area contributed by atoms with Gasteiger partial charge in [0.25, 0.3) is 0 Å². The average molecular weight is 130 g/mol. The van der Waals surface area contributed by atoms with Gasteiger partial charge in [-0.1, -0.05) is 13.7 Å². The highest BCUT2D eigenvalue weighted by atomic mass is 32.7. The van der Waals surface area contributed by atoms with Crippen LogP contribution in [0, 0.1) is 0 Å². The summed E-state index contributed by atoms with van der Waals surface area (Å²) in [7, 11) is -0.503. The monoisotopic (exact) mass is 130 g/mol. The van der Waals surface area contributed by atoms with Gasteiger partial charge in [-0.05, 0) is 11.6 Å². The third-order valence-corrected chi connectivity index (χ3v) is 3.09. The van der Waals surface area contributed by atoms with Crippen molar-refractivity contribution in [1.82, 2.24) is 0 Å². The van der Waals surface area contributed by atoms with Crippen LogP contribution in [0.4, 0.5) is 0 Å². The predicted molar refractivity (Wildman–Crippen MR) is 38.8 cm³/mol. The highest BCUT2D eigenvalue weighted by Gasteiger charge is 2.04. The number of rotatable bonds is 0. The van der Waals surface area contributed by atoms with Gasteiger partial charge in [0, 0.05) is 5.82 Å². The average Bonchev–Trinajstić information content (AvgIpc) is 1.87. The zero-order valence-electron chi connectivity index (χ0n) is 3.98. The molecule has 0 saturated heterocycles. The second-order valence-corrected chi connectivity index (χ2v) is 4.83. The van der Waals surface area contributed by atoms with Crippen molar-refractivity contribution in [3.8, 4) is 0 Å². The van der Waals surface area contributed by atoms with E-state index >= 15 is 0 Å². The van der Waals surface area contributed by atoms with Crippen LogP contribution in [0.1, 0.15) is 0 Å². The molecule has 38 valence electrons. The van der Waals surface area contributed by atoms with Crippen LogP contribution in [-0.4, -0.2) is 6.16 Å². The Morgan fingerprint density at radius 1 is 1.86 bits per heavy atom. The minimum absolute atomic E-state index is 0.503. The Morgan fingerprint density at radius 2 is 2.57 bits per heavy atom. The Balaban J connectivity index is 2.58. The first-order valence-corrected chi connectivity index (χ1v) is 5.09. The van der Waals surface area contributed by atoms with Crippen molar-refractivity contribution in [1.29, 1.82) is 0 Å². The van der Waals surface area contributed by atoms with Crippen molar-refractivity contribution in [3.63, 3.8) is 0 Å². The zero-order valence-corrected chi connectivity index (χ0v) is 5.79. The molecular weight excluding hydrogens is 123 g/mol. The Kier molecular flexibility index (Phi) is 1.56. The van der Waals surface area contributed by atoms with E-state index in [1.807, 2.05) is 6.08 Å². The molecule has 7 heavy (non-hydrogen) atoms. The van der Waals surface area contributed by atoms with Crippen LogP contribution in [0.5, 0.6) is 0 Å². The molecule has 0 nitrogen and oxygen atoms in total. The number of hydrogen-bond donors (Lipinski definition) is 0. The SMILES string of the molecule is C=C1C=C[PH+]([S-])C1. The van der Waals surface area contributed by atoms with E-state index in [-0.39, 0.29) is 0 Å². The standard InChI is InChI=1S/C5H7PS/c1-5-2-3-6(7)4-5/h2-3,6H,1,4H2. The largest absolute Gasteiger partial charge is 0.554 e. The lowest BCUT2D eigenvalue weighted by atomic mass is 10.4. The molecule has 1 aliphatic heterocycles. The van der Waals surface area contributed by atoms with Gasteiger partial charge < -0.3 is 12.2 Å². The molecule has 0 aliphatic carbocycles. The molecule has 0 amide bonds. The zero-order chi connectivity index (χ0) is 5.28. The van der Waals surface area contributed by atoms with Crippen molar-refractivity contribution in [3.05, 3.63) is 24.0 Å². The molecule has 1 rings (SSSR count). The van der Waals surface area contributed by atoms with Crippen molar-refractivity contribution in [2.24, 2.45) is 0 Å². The van der Waals surface area contributed by atoms with Crippen LogP contribution in [0.3, 0.4) is 0 Å². The summed E-state index contributed by atoms with van der Waals surface area (Å²) in [6, 6.07) is 0. The van der Waals surface area contributed by atoms with E-state index in [2.05, 4.69) is 12.4 Å². The second-order valence-electron chi connectivity index (χ2n) is 1.63. The third kappa shape index (κ3) is 1.32. The molecule has 0 aromatic rings. The minimum Gasteiger partial charge on any atom is -0.554 e. The summed E-state index contributed by atoms with van der Waals surface area (Å²) >= 11 is 5.03. The summed E-state index contributed by atoms with van der Waals surface area (Å²) in [4.78, 5) is 0. The van der Waals surface area contributed by atoms with Crippen LogP contribution < -0.4 is 0 Å². The van der Waals surface area contributed by atoms with Crippen molar-refractivity contribution < 1.29 is 0 Å². The second kappa shape index (κ2) is 2.02. The van der Waals surface area contributed by atoms with Gasteiger partial charge >= 0.3 is 0 Å². The number of allylic oxidation sites excluding steroid dienone is 2. The molecule has 0 radical (unpaired) electrons. The van der Waals surface area contributed by atoms with Crippen LogP contribution in [0.2, 0.25) is 0 Å². The Labute approximate surface area is 50.2 Å². The van der Waals surface area contributed by atoms with Gasteiger partial charge in [0.05, 0.1) is 6.16 Å². The van der Waals surface area contributed by atoms with Crippen molar-refractivity contribution >= 4 is 19.4 Å². The first kappa shape index (κ1) is 5.40. The molecule has 1 heterocycles. The van der Waals surface area contributed by atoms with E-state index in [0.29, 0.717) is 0 Å². The lowest BCUT2D eigenvalue weighted by Crippen LogP contribution is -1.69.